The van der Waals surface area contributed by atoms with Crippen LogP contribution in [0.15, 0.2) is 12.1 Å². The Kier molecular flexibility index (Phi) is 4.80. The Bertz CT molecular complexity index is 413. The van der Waals surface area contributed by atoms with E-state index in [-0.39, 0.29) is 5.92 Å². The van der Waals surface area contributed by atoms with E-state index in [1.54, 1.807) is 12.1 Å². The summed E-state index contributed by atoms with van der Waals surface area (Å²) in [4.78, 5) is 0. The first kappa shape index (κ1) is 12.7. The molecule has 0 aliphatic carbocycles. The second-order valence-corrected chi connectivity index (χ2v) is 4.51. The average molecular weight is 262 g/mol. The summed E-state index contributed by atoms with van der Waals surface area (Å²) in [5.74, 6) is 6.16. The van der Waals surface area contributed by atoms with Crippen molar-refractivity contribution in [3.05, 3.63) is 32.8 Å². The standard InChI is InChI=1S/C12H11Cl3/c1-3-4-8(2)7-9-10(13)5-6-11(14)12(9)15/h5-6,8H,7H2,1-2H3. The van der Waals surface area contributed by atoms with Crippen LogP contribution < -0.4 is 0 Å². The molecule has 0 aliphatic rings. The van der Waals surface area contributed by atoms with Crippen LogP contribution in [0.3, 0.4) is 0 Å². The van der Waals surface area contributed by atoms with Crippen LogP contribution in [0.2, 0.25) is 15.1 Å². The maximum atomic E-state index is 6.08. The molecule has 0 heterocycles. The first-order valence-corrected chi connectivity index (χ1v) is 5.74. The molecule has 80 valence electrons. The van der Waals surface area contributed by atoms with Gasteiger partial charge in [0.15, 0.2) is 0 Å². The molecule has 1 rings (SSSR count). The Morgan fingerprint density at radius 3 is 2.40 bits per heavy atom. The van der Waals surface area contributed by atoms with Crippen LogP contribution in [0.5, 0.6) is 0 Å². The molecule has 0 radical (unpaired) electrons. The molecule has 0 N–H and O–H groups in total. The lowest BCUT2D eigenvalue weighted by Crippen LogP contribution is -1.98. The molecule has 0 spiro atoms. The van der Waals surface area contributed by atoms with Gasteiger partial charge in [-0.2, -0.15) is 0 Å². The van der Waals surface area contributed by atoms with Crippen LogP contribution in [0.25, 0.3) is 0 Å². The van der Waals surface area contributed by atoms with E-state index in [9.17, 15) is 0 Å². The van der Waals surface area contributed by atoms with Crippen LogP contribution in [-0.2, 0) is 6.42 Å². The van der Waals surface area contributed by atoms with Crippen LogP contribution in [0.4, 0.5) is 0 Å². The summed E-state index contributed by atoms with van der Waals surface area (Å²) >= 11 is 18.1. The second kappa shape index (κ2) is 5.66. The molecule has 3 heteroatoms. The van der Waals surface area contributed by atoms with E-state index >= 15 is 0 Å². The Morgan fingerprint density at radius 2 is 1.80 bits per heavy atom. The highest BCUT2D eigenvalue weighted by Crippen LogP contribution is 2.32. The van der Waals surface area contributed by atoms with Crippen molar-refractivity contribution in [2.24, 2.45) is 5.92 Å². The highest BCUT2D eigenvalue weighted by molar-refractivity contribution is 6.44. The van der Waals surface area contributed by atoms with Crippen LogP contribution in [0, 0.1) is 17.8 Å². The fraction of sp³-hybridized carbons (Fsp3) is 0.333. The maximum Gasteiger partial charge on any atom is 0.0639 e. The lowest BCUT2D eigenvalue weighted by Gasteiger charge is -2.10. The van der Waals surface area contributed by atoms with Gasteiger partial charge in [0.05, 0.1) is 10.0 Å². The monoisotopic (exact) mass is 260 g/mol. The SMILES string of the molecule is CC#CC(C)Cc1c(Cl)ccc(Cl)c1Cl. The van der Waals surface area contributed by atoms with E-state index in [1.165, 1.54) is 0 Å². The van der Waals surface area contributed by atoms with E-state index in [0.29, 0.717) is 15.1 Å². The summed E-state index contributed by atoms with van der Waals surface area (Å²) in [7, 11) is 0. The van der Waals surface area contributed by atoms with Gasteiger partial charge in [0, 0.05) is 10.9 Å². The van der Waals surface area contributed by atoms with Crippen LogP contribution in [0.1, 0.15) is 19.4 Å². The molecule has 0 saturated carbocycles. The fourth-order valence-corrected chi connectivity index (χ4v) is 2.06. The fourth-order valence-electron chi connectivity index (χ4n) is 1.36. The van der Waals surface area contributed by atoms with Gasteiger partial charge in [-0.3, -0.25) is 0 Å². The number of rotatable bonds is 2. The zero-order chi connectivity index (χ0) is 11.4. The Balaban J connectivity index is 3.01. The van der Waals surface area contributed by atoms with Crippen molar-refractivity contribution in [3.8, 4) is 11.8 Å². The van der Waals surface area contributed by atoms with Gasteiger partial charge in [0.1, 0.15) is 0 Å². The lowest BCUT2D eigenvalue weighted by molar-refractivity contribution is 0.750. The van der Waals surface area contributed by atoms with Crippen LogP contribution >= 0.6 is 34.8 Å². The Hall–Kier alpha value is -0.350. The van der Waals surface area contributed by atoms with Crippen molar-refractivity contribution in [1.82, 2.24) is 0 Å². The lowest BCUT2D eigenvalue weighted by atomic mass is 10.0. The first-order chi connectivity index (χ1) is 7.06. The number of hydrogen-bond donors (Lipinski definition) is 0. The molecule has 0 saturated heterocycles. The maximum absolute atomic E-state index is 6.08. The normalized spacial score (nSPS) is 11.8. The van der Waals surface area contributed by atoms with Gasteiger partial charge in [0.25, 0.3) is 0 Å². The predicted molar refractivity (Wildman–Crippen MR) is 67.8 cm³/mol. The van der Waals surface area contributed by atoms with Gasteiger partial charge < -0.3 is 0 Å². The minimum Gasteiger partial charge on any atom is -0.106 e. The topological polar surface area (TPSA) is 0 Å². The zero-order valence-electron chi connectivity index (χ0n) is 8.57. The number of benzene rings is 1. The third-order valence-corrected chi connectivity index (χ3v) is 3.24. The third kappa shape index (κ3) is 3.31. The molecule has 0 aromatic heterocycles. The molecule has 0 fully saturated rings. The molecule has 1 aromatic rings. The quantitative estimate of drug-likeness (QED) is 0.527. The van der Waals surface area contributed by atoms with E-state index in [1.807, 2.05) is 13.8 Å². The van der Waals surface area contributed by atoms with E-state index < -0.39 is 0 Å². The minimum absolute atomic E-state index is 0.225. The molecule has 0 bridgehead atoms. The second-order valence-electron chi connectivity index (χ2n) is 3.32. The summed E-state index contributed by atoms with van der Waals surface area (Å²) in [6.45, 7) is 3.85. The van der Waals surface area contributed by atoms with Gasteiger partial charge in [0.2, 0.25) is 0 Å². The summed E-state index contributed by atoms with van der Waals surface area (Å²) in [6, 6.07) is 3.46. The van der Waals surface area contributed by atoms with Crippen molar-refractivity contribution >= 4 is 34.8 Å². The summed E-state index contributed by atoms with van der Waals surface area (Å²) < 4.78 is 0. The first-order valence-electron chi connectivity index (χ1n) is 4.61. The van der Waals surface area contributed by atoms with Gasteiger partial charge >= 0.3 is 0 Å². The predicted octanol–water partition coefficient (Wildman–Crippen LogP) is 4.85. The zero-order valence-corrected chi connectivity index (χ0v) is 10.8. The van der Waals surface area contributed by atoms with Gasteiger partial charge in [-0.1, -0.05) is 41.7 Å². The highest BCUT2D eigenvalue weighted by atomic mass is 35.5. The molecular formula is C12H11Cl3. The molecule has 1 aromatic carbocycles. The summed E-state index contributed by atoms with van der Waals surface area (Å²) in [5, 5.41) is 1.72. The van der Waals surface area contributed by atoms with Crippen LogP contribution in [-0.4, -0.2) is 0 Å². The molecule has 1 unspecified atom stereocenters. The highest BCUT2D eigenvalue weighted by Gasteiger charge is 2.11. The molecule has 0 amide bonds. The number of halogens is 3. The Morgan fingerprint density at radius 1 is 1.20 bits per heavy atom. The van der Waals surface area contributed by atoms with Crippen molar-refractivity contribution in [2.75, 3.05) is 0 Å². The van der Waals surface area contributed by atoms with Gasteiger partial charge in [-0.05, 0) is 31.0 Å². The molecular weight excluding hydrogens is 250 g/mol. The van der Waals surface area contributed by atoms with Gasteiger partial charge in [-0.15, -0.1) is 11.8 Å². The molecule has 1 atom stereocenters. The van der Waals surface area contributed by atoms with E-state index in [2.05, 4.69) is 11.8 Å². The van der Waals surface area contributed by atoms with Crippen molar-refractivity contribution in [3.63, 3.8) is 0 Å². The van der Waals surface area contributed by atoms with E-state index in [0.717, 1.165) is 12.0 Å². The largest absolute Gasteiger partial charge is 0.106 e. The number of hydrogen-bond acceptors (Lipinski definition) is 0. The van der Waals surface area contributed by atoms with Crippen molar-refractivity contribution in [2.45, 2.75) is 20.3 Å². The van der Waals surface area contributed by atoms with E-state index in [4.69, 9.17) is 34.8 Å². The molecule has 15 heavy (non-hydrogen) atoms. The summed E-state index contributed by atoms with van der Waals surface area (Å²) in [5.41, 5.74) is 0.876. The third-order valence-electron chi connectivity index (χ3n) is 2.04. The molecule has 0 nitrogen and oxygen atoms in total. The average Bonchev–Trinajstić information content (AvgIpc) is 2.19. The van der Waals surface area contributed by atoms with Crippen molar-refractivity contribution < 1.29 is 0 Å². The smallest absolute Gasteiger partial charge is 0.0639 e. The minimum atomic E-state index is 0.225. The summed E-state index contributed by atoms with van der Waals surface area (Å²) in [6.07, 6.45) is 0.721. The van der Waals surface area contributed by atoms with Crippen molar-refractivity contribution in [1.29, 1.82) is 0 Å². The Labute approximate surface area is 106 Å². The molecule has 0 aliphatic heterocycles. The van der Waals surface area contributed by atoms with Gasteiger partial charge in [-0.25, -0.2) is 0 Å².